The fourth-order valence-electron chi connectivity index (χ4n) is 2.91. The molecule has 2 aromatic rings. The number of para-hydroxylation sites is 1. The molecule has 2 heterocycles. The number of nitro groups is 1. The average molecular weight is 327 g/mol. The second-order valence-electron chi connectivity index (χ2n) is 5.65. The number of carbonyl (C=O) groups is 1. The first-order valence-electron chi connectivity index (χ1n) is 7.70. The number of fused-ring (bicyclic) bond motifs is 1. The molecule has 0 bridgehead atoms. The summed E-state index contributed by atoms with van der Waals surface area (Å²) in [5.74, 6) is -0.626. The molecule has 0 unspecified atom stereocenters. The number of pyridine rings is 1. The Morgan fingerprint density at radius 3 is 2.96 bits per heavy atom. The molecule has 1 atom stereocenters. The summed E-state index contributed by atoms with van der Waals surface area (Å²) < 4.78 is 5.38. The predicted octanol–water partition coefficient (Wildman–Crippen LogP) is 2.74. The molecule has 1 aliphatic rings. The molecule has 0 spiro atoms. The largest absolute Gasteiger partial charge is 0.476 e. The zero-order valence-corrected chi connectivity index (χ0v) is 13.2. The van der Waals surface area contributed by atoms with Crippen LogP contribution >= 0.6 is 0 Å². The van der Waals surface area contributed by atoms with Crippen LogP contribution in [0.3, 0.4) is 0 Å². The van der Waals surface area contributed by atoms with Crippen LogP contribution in [0.25, 0.3) is 0 Å². The van der Waals surface area contributed by atoms with Crippen molar-refractivity contribution in [1.82, 2.24) is 4.98 Å². The van der Waals surface area contributed by atoms with Gasteiger partial charge in [-0.2, -0.15) is 0 Å². The van der Waals surface area contributed by atoms with E-state index < -0.39 is 10.7 Å². The Morgan fingerprint density at radius 2 is 2.17 bits per heavy atom. The van der Waals surface area contributed by atoms with Gasteiger partial charge in [0.05, 0.1) is 0 Å². The van der Waals surface area contributed by atoms with Crippen LogP contribution in [0.5, 0.6) is 5.75 Å². The van der Waals surface area contributed by atoms with Crippen molar-refractivity contribution in [2.75, 3.05) is 11.5 Å². The van der Waals surface area contributed by atoms with E-state index >= 15 is 0 Å². The fraction of sp³-hybridized carbons (Fsp3) is 0.294. The van der Waals surface area contributed by atoms with E-state index in [1.54, 1.807) is 4.90 Å². The van der Waals surface area contributed by atoms with Crippen molar-refractivity contribution in [3.8, 4) is 5.75 Å². The Hall–Kier alpha value is -2.96. The molecule has 7 nitrogen and oxygen atoms in total. The topological polar surface area (TPSA) is 85.6 Å². The highest BCUT2D eigenvalue weighted by molar-refractivity contribution is 5.96. The lowest BCUT2D eigenvalue weighted by molar-refractivity contribution is -0.390. The normalized spacial score (nSPS) is 16.4. The van der Waals surface area contributed by atoms with Crippen molar-refractivity contribution in [2.24, 2.45) is 0 Å². The van der Waals surface area contributed by atoms with Crippen molar-refractivity contribution >= 4 is 17.4 Å². The number of hydrogen-bond acceptors (Lipinski definition) is 5. The minimum atomic E-state index is -0.626. The number of carbonyl (C=O) groups excluding carboxylic acids is 1. The van der Waals surface area contributed by atoms with E-state index in [0.29, 0.717) is 0 Å². The summed E-state index contributed by atoms with van der Waals surface area (Å²) in [5.41, 5.74) is 2.00. The first-order valence-corrected chi connectivity index (χ1v) is 7.70. The predicted molar refractivity (Wildman–Crippen MR) is 88.1 cm³/mol. The van der Waals surface area contributed by atoms with E-state index in [1.807, 2.05) is 31.2 Å². The molecule has 0 aliphatic carbocycles. The molecule has 3 rings (SSSR count). The van der Waals surface area contributed by atoms with Crippen molar-refractivity contribution < 1.29 is 14.5 Å². The van der Waals surface area contributed by atoms with Gasteiger partial charge in [-0.25, -0.2) is 0 Å². The summed E-state index contributed by atoms with van der Waals surface area (Å²) in [5, 5.41) is 11.0. The average Bonchev–Trinajstić information content (AvgIpc) is 2.59. The van der Waals surface area contributed by atoms with E-state index in [2.05, 4.69) is 4.98 Å². The van der Waals surface area contributed by atoms with Gasteiger partial charge in [0.1, 0.15) is 6.20 Å². The smallest absolute Gasteiger partial charge is 0.406 e. The number of ether oxygens (including phenoxy) is 1. The van der Waals surface area contributed by atoms with E-state index in [4.69, 9.17) is 4.74 Å². The molecule has 24 heavy (non-hydrogen) atoms. The Labute approximate surface area is 139 Å². The lowest BCUT2D eigenvalue weighted by Gasteiger charge is -2.35. The second-order valence-corrected chi connectivity index (χ2v) is 5.65. The van der Waals surface area contributed by atoms with Crippen LogP contribution in [0.15, 0.2) is 42.6 Å². The van der Waals surface area contributed by atoms with Crippen LogP contribution in [-0.4, -0.2) is 28.5 Å². The molecule has 1 aromatic carbocycles. The number of benzene rings is 1. The number of rotatable bonds is 4. The van der Waals surface area contributed by atoms with Gasteiger partial charge in [-0.05, 0) is 53.4 Å². The van der Waals surface area contributed by atoms with Crippen molar-refractivity contribution in [3.63, 3.8) is 0 Å². The number of anilines is 1. The molecule has 0 fully saturated rings. The van der Waals surface area contributed by atoms with Gasteiger partial charge in [0.25, 0.3) is 5.91 Å². The Kier molecular flexibility index (Phi) is 4.41. The summed E-state index contributed by atoms with van der Waals surface area (Å²) in [6.45, 7) is 1.71. The minimum Gasteiger partial charge on any atom is -0.476 e. The number of aryl methyl sites for hydroxylation is 1. The van der Waals surface area contributed by atoms with Crippen LogP contribution in [0.2, 0.25) is 0 Å². The maximum absolute atomic E-state index is 12.6. The van der Waals surface area contributed by atoms with Gasteiger partial charge >= 0.3 is 5.82 Å². The molecule has 7 heteroatoms. The molecular formula is C17H17N3O4. The third-order valence-electron chi connectivity index (χ3n) is 4.07. The molecule has 1 amide bonds. The lowest BCUT2D eigenvalue weighted by atomic mass is 9.96. The zero-order chi connectivity index (χ0) is 17.1. The maximum atomic E-state index is 12.6. The molecular weight excluding hydrogens is 310 g/mol. The fourth-order valence-corrected chi connectivity index (χ4v) is 2.91. The third kappa shape index (κ3) is 3.05. The number of hydrogen-bond donors (Lipinski definition) is 0. The summed E-state index contributed by atoms with van der Waals surface area (Å²) in [6.07, 6.45) is 3.11. The molecule has 124 valence electrons. The van der Waals surface area contributed by atoms with Gasteiger partial charge in [0.2, 0.25) is 5.75 Å². The maximum Gasteiger partial charge on any atom is 0.406 e. The van der Waals surface area contributed by atoms with E-state index in [0.717, 1.165) is 24.1 Å². The highest BCUT2D eigenvalue weighted by Gasteiger charge is 2.28. The van der Waals surface area contributed by atoms with Gasteiger partial charge in [0, 0.05) is 11.7 Å². The second kappa shape index (κ2) is 6.66. The number of amides is 1. The molecule has 0 N–H and O–H groups in total. The standard InChI is InChI=1S/C17H17N3O4/c1-12-8-9-13-5-2-3-6-14(13)19(12)16(21)11-24-15-7-4-10-18-17(15)20(22)23/h2-7,10,12H,8-9,11H2,1H3/t12-/m0/s1. The first-order chi connectivity index (χ1) is 11.6. The lowest BCUT2D eigenvalue weighted by Crippen LogP contribution is -2.44. The van der Waals surface area contributed by atoms with Crippen LogP contribution in [0, 0.1) is 10.1 Å². The van der Waals surface area contributed by atoms with E-state index in [9.17, 15) is 14.9 Å². The van der Waals surface area contributed by atoms with Gasteiger partial charge in [-0.15, -0.1) is 0 Å². The molecule has 0 saturated carbocycles. The summed E-state index contributed by atoms with van der Waals surface area (Å²) in [7, 11) is 0. The highest BCUT2D eigenvalue weighted by Crippen LogP contribution is 2.31. The van der Waals surface area contributed by atoms with Gasteiger partial charge in [0.15, 0.2) is 6.61 Å². The quantitative estimate of drug-likeness (QED) is 0.636. The highest BCUT2D eigenvalue weighted by atomic mass is 16.6. The molecule has 1 aliphatic heterocycles. The molecule has 0 radical (unpaired) electrons. The Bertz CT molecular complexity index is 778. The summed E-state index contributed by atoms with van der Waals surface area (Å²) in [6, 6.07) is 10.8. The SMILES string of the molecule is C[C@H]1CCc2ccccc2N1C(=O)COc1cccnc1[N+](=O)[O-]. The van der Waals surface area contributed by atoms with Gasteiger partial charge < -0.3 is 19.8 Å². The number of aromatic nitrogens is 1. The van der Waals surface area contributed by atoms with Crippen LogP contribution in [-0.2, 0) is 11.2 Å². The van der Waals surface area contributed by atoms with E-state index in [1.165, 1.54) is 18.3 Å². The summed E-state index contributed by atoms with van der Waals surface area (Å²) >= 11 is 0. The van der Waals surface area contributed by atoms with Crippen molar-refractivity contribution in [3.05, 3.63) is 58.3 Å². The number of nitrogens with zero attached hydrogens (tertiary/aromatic N) is 3. The van der Waals surface area contributed by atoms with Crippen LogP contribution in [0.1, 0.15) is 18.9 Å². The van der Waals surface area contributed by atoms with Crippen LogP contribution < -0.4 is 9.64 Å². The molecule has 0 saturated heterocycles. The minimum absolute atomic E-state index is 0.00574. The summed E-state index contributed by atoms with van der Waals surface area (Å²) in [4.78, 5) is 28.3. The molecule has 1 aromatic heterocycles. The van der Waals surface area contributed by atoms with Crippen molar-refractivity contribution in [1.29, 1.82) is 0 Å². The van der Waals surface area contributed by atoms with Crippen LogP contribution in [0.4, 0.5) is 11.5 Å². The van der Waals surface area contributed by atoms with Gasteiger partial charge in [-0.1, -0.05) is 18.2 Å². The monoisotopic (exact) mass is 327 g/mol. The zero-order valence-electron chi connectivity index (χ0n) is 13.2. The Morgan fingerprint density at radius 1 is 1.38 bits per heavy atom. The van der Waals surface area contributed by atoms with Crippen molar-refractivity contribution in [2.45, 2.75) is 25.8 Å². The van der Waals surface area contributed by atoms with E-state index in [-0.39, 0.29) is 24.3 Å². The Balaban J connectivity index is 1.78. The third-order valence-corrected chi connectivity index (χ3v) is 4.07. The van der Waals surface area contributed by atoms with Gasteiger partial charge in [-0.3, -0.25) is 4.79 Å². The first kappa shape index (κ1) is 15.9.